The summed E-state index contributed by atoms with van der Waals surface area (Å²) < 4.78 is 1.25. The van der Waals surface area contributed by atoms with Gasteiger partial charge in [0.25, 0.3) is 0 Å². The highest BCUT2D eigenvalue weighted by Gasteiger charge is 2.14. The Labute approximate surface area is 81.4 Å². The zero-order valence-electron chi connectivity index (χ0n) is 7.05. The van der Waals surface area contributed by atoms with E-state index in [2.05, 4.69) is 53.2 Å². The molecule has 0 spiro atoms. The molecule has 1 aromatic carbocycles. The first-order valence-electron chi connectivity index (χ1n) is 4.24. The van der Waals surface area contributed by atoms with Crippen molar-refractivity contribution < 1.29 is 0 Å². The molecule has 0 nitrogen and oxygen atoms in total. The quantitative estimate of drug-likeness (QED) is 0.624. The molecular formula is C11H11Br. The van der Waals surface area contributed by atoms with Crippen molar-refractivity contribution in [1.29, 1.82) is 0 Å². The van der Waals surface area contributed by atoms with Crippen LogP contribution in [0.4, 0.5) is 0 Å². The number of hydrogen-bond acceptors (Lipinski definition) is 0. The summed E-state index contributed by atoms with van der Waals surface area (Å²) in [6.07, 6.45) is 5.62. The molecule has 0 heterocycles. The topological polar surface area (TPSA) is 0 Å². The fourth-order valence-corrected chi connectivity index (χ4v) is 2.51. The van der Waals surface area contributed by atoms with Crippen molar-refractivity contribution in [3.05, 3.63) is 39.9 Å². The van der Waals surface area contributed by atoms with E-state index in [0.717, 1.165) is 6.42 Å². The van der Waals surface area contributed by atoms with E-state index in [-0.39, 0.29) is 0 Å². The van der Waals surface area contributed by atoms with Gasteiger partial charge in [-0.1, -0.05) is 47.1 Å². The van der Waals surface area contributed by atoms with Crippen LogP contribution < -0.4 is 0 Å². The molecule has 0 saturated heterocycles. The Morgan fingerprint density at radius 2 is 2.25 bits per heavy atom. The third-order valence-corrected chi connectivity index (χ3v) is 3.06. The van der Waals surface area contributed by atoms with Gasteiger partial charge in [-0.25, -0.2) is 0 Å². The lowest BCUT2D eigenvalue weighted by Crippen LogP contribution is -2.00. The predicted octanol–water partition coefficient (Wildman–Crippen LogP) is 3.97. The minimum atomic E-state index is 0.653. The highest BCUT2D eigenvalue weighted by atomic mass is 79.9. The maximum atomic E-state index is 3.59. The molecule has 0 fully saturated rings. The molecule has 1 aromatic rings. The summed E-state index contributed by atoms with van der Waals surface area (Å²) in [7, 11) is 0. The Hall–Kier alpha value is -0.560. The molecule has 0 saturated carbocycles. The van der Waals surface area contributed by atoms with Gasteiger partial charge in [-0.15, -0.1) is 0 Å². The summed E-state index contributed by atoms with van der Waals surface area (Å²) in [6.45, 7) is 2.27. The van der Waals surface area contributed by atoms with E-state index in [0.29, 0.717) is 5.92 Å². The standard InChI is InChI=1S/C11H11Br/c1-8-4-2-5-9-6-3-7-10(12)11(8)9/h2-3,5-8H,4H2,1H3. The lowest BCUT2D eigenvalue weighted by Gasteiger charge is -2.18. The van der Waals surface area contributed by atoms with Crippen molar-refractivity contribution in [2.45, 2.75) is 19.3 Å². The highest BCUT2D eigenvalue weighted by Crippen LogP contribution is 2.34. The van der Waals surface area contributed by atoms with Crippen LogP contribution in [0.1, 0.15) is 30.4 Å². The Morgan fingerprint density at radius 1 is 1.42 bits per heavy atom. The normalized spacial score (nSPS) is 20.7. The number of rotatable bonds is 0. The largest absolute Gasteiger partial charge is 0.0833 e. The lowest BCUT2D eigenvalue weighted by molar-refractivity contribution is 0.767. The molecule has 1 unspecified atom stereocenters. The second-order valence-corrected chi connectivity index (χ2v) is 4.14. The van der Waals surface area contributed by atoms with Gasteiger partial charge in [-0.2, -0.15) is 0 Å². The molecule has 0 amide bonds. The average molecular weight is 223 g/mol. The zero-order chi connectivity index (χ0) is 8.55. The molecule has 0 aliphatic heterocycles. The first-order valence-corrected chi connectivity index (χ1v) is 5.03. The van der Waals surface area contributed by atoms with E-state index in [9.17, 15) is 0 Å². The van der Waals surface area contributed by atoms with Gasteiger partial charge in [0.15, 0.2) is 0 Å². The van der Waals surface area contributed by atoms with Crippen molar-refractivity contribution in [3.63, 3.8) is 0 Å². The van der Waals surface area contributed by atoms with E-state index >= 15 is 0 Å². The zero-order valence-corrected chi connectivity index (χ0v) is 8.64. The summed E-state index contributed by atoms with van der Waals surface area (Å²) >= 11 is 3.59. The summed E-state index contributed by atoms with van der Waals surface area (Å²) in [6, 6.07) is 6.38. The van der Waals surface area contributed by atoms with Crippen molar-refractivity contribution >= 4 is 22.0 Å². The number of hydrogen-bond donors (Lipinski definition) is 0. The van der Waals surface area contributed by atoms with Crippen molar-refractivity contribution in [3.8, 4) is 0 Å². The summed E-state index contributed by atoms with van der Waals surface area (Å²) in [5.74, 6) is 0.653. The molecule has 1 aliphatic carbocycles. The monoisotopic (exact) mass is 222 g/mol. The summed E-state index contributed by atoms with van der Waals surface area (Å²) in [4.78, 5) is 0. The molecule has 1 heteroatoms. The smallest absolute Gasteiger partial charge is 0.0216 e. The minimum Gasteiger partial charge on any atom is -0.0833 e. The van der Waals surface area contributed by atoms with Gasteiger partial charge in [0.05, 0.1) is 0 Å². The van der Waals surface area contributed by atoms with E-state index in [4.69, 9.17) is 0 Å². The molecule has 12 heavy (non-hydrogen) atoms. The third kappa shape index (κ3) is 1.22. The minimum absolute atomic E-state index is 0.653. The van der Waals surface area contributed by atoms with Gasteiger partial charge >= 0.3 is 0 Å². The van der Waals surface area contributed by atoms with Crippen LogP contribution in [-0.4, -0.2) is 0 Å². The molecule has 62 valence electrons. The second-order valence-electron chi connectivity index (χ2n) is 3.28. The second kappa shape index (κ2) is 3.06. The number of allylic oxidation sites excluding steroid dienone is 1. The lowest BCUT2D eigenvalue weighted by atomic mass is 9.89. The number of halogens is 1. The van der Waals surface area contributed by atoms with Gasteiger partial charge in [0, 0.05) is 4.47 Å². The van der Waals surface area contributed by atoms with Gasteiger partial charge in [-0.3, -0.25) is 0 Å². The molecule has 2 rings (SSSR count). The Kier molecular flexibility index (Phi) is 2.05. The maximum absolute atomic E-state index is 3.59. The van der Waals surface area contributed by atoms with Crippen molar-refractivity contribution in [2.75, 3.05) is 0 Å². The van der Waals surface area contributed by atoms with Crippen LogP contribution in [0.3, 0.4) is 0 Å². The van der Waals surface area contributed by atoms with E-state index in [1.807, 2.05) is 0 Å². The van der Waals surface area contributed by atoms with Gasteiger partial charge in [-0.05, 0) is 29.5 Å². The Bertz CT molecular complexity index is 326. The first-order chi connectivity index (χ1) is 5.79. The molecule has 0 aromatic heterocycles. The van der Waals surface area contributed by atoms with E-state index in [1.165, 1.54) is 15.6 Å². The Balaban J connectivity index is 2.62. The molecule has 0 N–H and O–H groups in total. The Morgan fingerprint density at radius 3 is 3.00 bits per heavy atom. The van der Waals surface area contributed by atoms with Gasteiger partial charge < -0.3 is 0 Å². The highest BCUT2D eigenvalue weighted by molar-refractivity contribution is 9.10. The summed E-state index contributed by atoms with van der Waals surface area (Å²) in [5.41, 5.74) is 2.82. The fraction of sp³-hybridized carbons (Fsp3) is 0.273. The number of fused-ring (bicyclic) bond motifs is 1. The van der Waals surface area contributed by atoms with Gasteiger partial charge in [0.1, 0.15) is 0 Å². The molecule has 0 bridgehead atoms. The van der Waals surface area contributed by atoms with Crippen molar-refractivity contribution in [1.82, 2.24) is 0 Å². The van der Waals surface area contributed by atoms with Crippen LogP contribution >= 0.6 is 15.9 Å². The predicted molar refractivity (Wildman–Crippen MR) is 56.2 cm³/mol. The molecule has 1 atom stereocenters. The fourth-order valence-electron chi connectivity index (χ4n) is 1.74. The van der Waals surface area contributed by atoms with Crippen LogP contribution in [0.5, 0.6) is 0 Å². The number of benzene rings is 1. The third-order valence-electron chi connectivity index (χ3n) is 2.37. The molecular weight excluding hydrogens is 212 g/mol. The van der Waals surface area contributed by atoms with Crippen LogP contribution in [0.15, 0.2) is 28.7 Å². The first kappa shape index (κ1) is 8.06. The van der Waals surface area contributed by atoms with E-state index < -0.39 is 0 Å². The van der Waals surface area contributed by atoms with Gasteiger partial charge in [0.2, 0.25) is 0 Å². The summed E-state index contributed by atoms with van der Waals surface area (Å²) in [5, 5.41) is 0. The van der Waals surface area contributed by atoms with Crippen molar-refractivity contribution in [2.24, 2.45) is 0 Å². The molecule has 0 radical (unpaired) electrons. The van der Waals surface area contributed by atoms with Crippen LogP contribution in [0, 0.1) is 0 Å². The van der Waals surface area contributed by atoms with Crippen LogP contribution in [0.25, 0.3) is 6.08 Å². The van der Waals surface area contributed by atoms with Crippen LogP contribution in [0.2, 0.25) is 0 Å². The van der Waals surface area contributed by atoms with Crippen LogP contribution in [-0.2, 0) is 0 Å². The average Bonchev–Trinajstić information content (AvgIpc) is 2.04. The maximum Gasteiger partial charge on any atom is 0.0216 e. The molecule has 1 aliphatic rings. The van der Waals surface area contributed by atoms with E-state index in [1.54, 1.807) is 0 Å². The SMILES string of the molecule is CC1CC=Cc2cccc(Br)c21.